The molecule has 0 aliphatic carbocycles. The predicted octanol–water partition coefficient (Wildman–Crippen LogP) is 4.46. The molecular formula is C16H27ClN2. The van der Waals surface area contributed by atoms with Crippen LogP contribution in [-0.2, 0) is 6.54 Å². The summed E-state index contributed by atoms with van der Waals surface area (Å²) in [7, 11) is 1.97. The molecule has 0 bridgehead atoms. The molecule has 108 valence electrons. The molecular weight excluding hydrogens is 256 g/mol. The summed E-state index contributed by atoms with van der Waals surface area (Å²) in [4.78, 5) is 2.44. The number of halogens is 1. The molecule has 0 unspecified atom stereocenters. The van der Waals surface area contributed by atoms with Gasteiger partial charge in [-0.3, -0.25) is 0 Å². The Labute approximate surface area is 123 Å². The quantitative estimate of drug-likeness (QED) is 0.708. The highest BCUT2D eigenvalue weighted by molar-refractivity contribution is 6.33. The van der Waals surface area contributed by atoms with Crippen LogP contribution in [0.1, 0.15) is 45.6 Å². The Morgan fingerprint density at radius 2 is 2.00 bits per heavy atom. The van der Waals surface area contributed by atoms with Gasteiger partial charge in [0.1, 0.15) is 0 Å². The van der Waals surface area contributed by atoms with E-state index in [4.69, 9.17) is 11.6 Å². The Kier molecular flexibility index (Phi) is 7.25. The molecule has 0 fully saturated rings. The van der Waals surface area contributed by atoms with Crippen molar-refractivity contribution in [3.05, 3.63) is 28.8 Å². The van der Waals surface area contributed by atoms with Crippen LogP contribution in [0.2, 0.25) is 5.02 Å². The molecule has 19 heavy (non-hydrogen) atoms. The standard InChI is InChI=1S/C16H27ClN2/c1-5-6-7-11-19(13(2)3)16-14(12-18-4)9-8-10-15(16)17/h8-10,13,18H,5-7,11-12H2,1-4H3. The number of nitrogens with one attached hydrogen (secondary N) is 1. The summed E-state index contributed by atoms with van der Waals surface area (Å²) in [5.74, 6) is 0. The maximum atomic E-state index is 6.45. The highest BCUT2D eigenvalue weighted by Crippen LogP contribution is 2.31. The molecule has 0 aliphatic rings. The maximum Gasteiger partial charge on any atom is 0.0643 e. The first-order valence-corrected chi connectivity index (χ1v) is 7.68. The minimum absolute atomic E-state index is 0.465. The number of hydrogen-bond acceptors (Lipinski definition) is 2. The van der Waals surface area contributed by atoms with Crippen molar-refractivity contribution < 1.29 is 0 Å². The molecule has 1 aromatic carbocycles. The summed E-state index contributed by atoms with van der Waals surface area (Å²) in [6.07, 6.45) is 3.74. The van der Waals surface area contributed by atoms with Crippen molar-refractivity contribution in [1.29, 1.82) is 0 Å². The number of hydrogen-bond donors (Lipinski definition) is 1. The zero-order chi connectivity index (χ0) is 14.3. The first-order chi connectivity index (χ1) is 9.11. The molecule has 0 amide bonds. The minimum atomic E-state index is 0.465. The lowest BCUT2D eigenvalue weighted by Crippen LogP contribution is -2.33. The van der Waals surface area contributed by atoms with Crippen LogP contribution in [0, 0.1) is 0 Å². The van der Waals surface area contributed by atoms with Gasteiger partial charge in [0.15, 0.2) is 0 Å². The summed E-state index contributed by atoms with van der Waals surface area (Å²) in [5, 5.41) is 4.09. The number of benzene rings is 1. The Morgan fingerprint density at radius 3 is 2.58 bits per heavy atom. The van der Waals surface area contributed by atoms with E-state index in [0.29, 0.717) is 6.04 Å². The summed E-state index contributed by atoms with van der Waals surface area (Å²) in [6, 6.07) is 6.65. The van der Waals surface area contributed by atoms with Crippen LogP contribution in [0.25, 0.3) is 0 Å². The molecule has 0 heterocycles. The Bertz CT molecular complexity index is 377. The third kappa shape index (κ3) is 4.70. The van der Waals surface area contributed by atoms with Gasteiger partial charge in [-0.2, -0.15) is 0 Å². The molecule has 0 aliphatic heterocycles. The first kappa shape index (κ1) is 16.3. The van der Waals surface area contributed by atoms with Crippen molar-refractivity contribution in [2.75, 3.05) is 18.5 Å². The largest absolute Gasteiger partial charge is 0.368 e. The molecule has 1 rings (SSSR count). The van der Waals surface area contributed by atoms with Crippen LogP contribution in [-0.4, -0.2) is 19.6 Å². The van der Waals surface area contributed by atoms with Crippen LogP contribution in [0.3, 0.4) is 0 Å². The number of rotatable bonds is 8. The molecule has 3 heteroatoms. The van der Waals surface area contributed by atoms with E-state index in [2.05, 4.69) is 37.1 Å². The molecule has 0 aromatic heterocycles. The fourth-order valence-corrected chi connectivity index (χ4v) is 2.68. The number of anilines is 1. The molecule has 0 atom stereocenters. The highest BCUT2D eigenvalue weighted by atomic mass is 35.5. The van der Waals surface area contributed by atoms with E-state index < -0.39 is 0 Å². The normalized spacial score (nSPS) is 11.1. The van der Waals surface area contributed by atoms with Gasteiger partial charge in [0, 0.05) is 19.1 Å². The van der Waals surface area contributed by atoms with Gasteiger partial charge in [0.25, 0.3) is 0 Å². The molecule has 0 saturated heterocycles. The lowest BCUT2D eigenvalue weighted by molar-refractivity contribution is 0.622. The van der Waals surface area contributed by atoms with Crippen molar-refractivity contribution in [3.63, 3.8) is 0 Å². The number of unbranched alkanes of at least 4 members (excludes halogenated alkanes) is 2. The monoisotopic (exact) mass is 282 g/mol. The third-order valence-corrected chi connectivity index (χ3v) is 3.66. The van der Waals surface area contributed by atoms with E-state index in [1.165, 1.54) is 30.5 Å². The molecule has 1 aromatic rings. The lowest BCUT2D eigenvalue weighted by atomic mass is 10.1. The van der Waals surface area contributed by atoms with E-state index in [9.17, 15) is 0 Å². The van der Waals surface area contributed by atoms with E-state index in [-0.39, 0.29) is 0 Å². The van der Waals surface area contributed by atoms with Gasteiger partial charge in [-0.15, -0.1) is 0 Å². The van der Waals surface area contributed by atoms with E-state index in [0.717, 1.165) is 18.1 Å². The van der Waals surface area contributed by atoms with Gasteiger partial charge in [-0.25, -0.2) is 0 Å². The molecule has 2 nitrogen and oxygen atoms in total. The SMILES string of the molecule is CCCCCN(c1c(Cl)cccc1CNC)C(C)C. The number of para-hydroxylation sites is 1. The van der Waals surface area contributed by atoms with Crippen molar-refractivity contribution >= 4 is 17.3 Å². The number of nitrogens with zero attached hydrogens (tertiary/aromatic N) is 1. The lowest BCUT2D eigenvalue weighted by Gasteiger charge is -2.32. The summed E-state index contributed by atoms with van der Waals surface area (Å²) in [5.41, 5.74) is 2.48. The molecule has 0 spiro atoms. The molecule has 1 N–H and O–H groups in total. The van der Waals surface area contributed by atoms with Gasteiger partial charge in [0.2, 0.25) is 0 Å². The van der Waals surface area contributed by atoms with Gasteiger partial charge in [-0.1, -0.05) is 43.5 Å². The highest BCUT2D eigenvalue weighted by Gasteiger charge is 2.16. The van der Waals surface area contributed by atoms with E-state index >= 15 is 0 Å². The van der Waals surface area contributed by atoms with Crippen LogP contribution in [0.4, 0.5) is 5.69 Å². The second-order valence-corrected chi connectivity index (χ2v) is 5.68. The van der Waals surface area contributed by atoms with Crippen LogP contribution in [0.5, 0.6) is 0 Å². The Balaban J connectivity index is 2.99. The van der Waals surface area contributed by atoms with Crippen molar-refractivity contribution in [2.45, 2.75) is 52.6 Å². The van der Waals surface area contributed by atoms with Crippen molar-refractivity contribution in [3.8, 4) is 0 Å². The zero-order valence-electron chi connectivity index (χ0n) is 12.7. The maximum absolute atomic E-state index is 6.45. The van der Waals surface area contributed by atoms with Crippen LogP contribution in [0.15, 0.2) is 18.2 Å². The average Bonchev–Trinajstić information content (AvgIpc) is 2.36. The molecule has 0 saturated carbocycles. The van der Waals surface area contributed by atoms with Crippen LogP contribution >= 0.6 is 11.6 Å². The topological polar surface area (TPSA) is 15.3 Å². The smallest absolute Gasteiger partial charge is 0.0643 e. The predicted molar refractivity (Wildman–Crippen MR) is 86.2 cm³/mol. The summed E-state index contributed by atoms with van der Waals surface area (Å²) in [6.45, 7) is 8.64. The van der Waals surface area contributed by atoms with Gasteiger partial charge < -0.3 is 10.2 Å². The van der Waals surface area contributed by atoms with Crippen LogP contribution < -0.4 is 10.2 Å². The summed E-state index contributed by atoms with van der Waals surface area (Å²) < 4.78 is 0. The fourth-order valence-electron chi connectivity index (χ4n) is 2.38. The second kappa shape index (κ2) is 8.44. The summed E-state index contributed by atoms with van der Waals surface area (Å²) >= 11 is 6.45. The van der Waals surface area contributed by atoms with Gasteiger partial charge in [-0.05, 0) is 38.9 Å². The van der Waals surface area contributed by atoms with Gasteiger partial charge in [0.05, 0.1) is 10.7 Å². The second-order valence-electron chi connectivity index (χ2n) is 5.27. The van der Waals surface area contributed by atoms with Crippen molar-refractivity contribution in [1.82, 2.24) is 5.32 Å². The third-order valence-electron chi connectivity index (χ3n) is 3.35. The Hall–Kier alpha value is -0.730. The zero-order valence-corrected chi connectivity index (χ0v) is 13.4. The van der Waals surface area contributed by atoms with Gasteiger partial charge >= 0.3 is 0 Å². The Morgan fingerprint density at radius 1 is 1.26 bits per heavy atom. The fraction of sp³-hybridized carbons (Fsp3) is 0.625. The molecule has 0 radical (unpaired) electrons. The first-order valence-electron chi connectivity index (χ1n) is 7.30. The minimum Gasteiger partial charge on any atom is -0.368 e. The van der Waals surface area contributed by atoms with Crippen molar-refractivity contribution in [2.24, 2.45) is 0 Å². The van der Waals surface area contributed by atoms with E-state index in [1.807, 2.05) is 19.2 Å². The van der Waals surface area contributed by atoms with E-state index in [1.54, 1.807) is 0 Å². The average molecular weight is 283 g/mol.